The van der Waals surface area contributed by atoms with E-state index in [1.54, 1.807) is 23.3 Å². The van der Waals surface area contributed by atoms with E-state index in [1.165, 1.54) is 6.33 Å². The van der Waals surface area contributed by atoms with Crippen molar-refractivity contribution >= 4 is 5.91 Å². The van der Waals surface area contributed by atoms with Crippen molar-refractivity contribution in [1.29, 1.82) is 0 Å². The lowest BCUT2D eigenvalue weighted by molar-refractivity contribution is 0.0939. The van der Waals surface area contributed by atoms with Crippen LogP contribution in [-0.2, 0) is 0 Å². The van der Waals surface area contributed by atoms with E-state index in [0.717, 1.165) is 16.9 Å². The zero-order valence-corrected chi connectivity index (χ0v) is 15.6. The highest BCUT2D eigenvalue weighted by Crippen LogP contribution is 2.21. The fourth-order valence-electron chi connectivity index (χ4n) is 3.23. The van der Waals surface area contributed by atoms with E-state index in [4.69, 9.17) is 0 Å². The SMILES string of the molecule is Cc1c([C@H](C)NC(=O)c2ccccc2-n2cncn2)cnn1-c1ccccc1. The highest BCUT2D eigenvalue weighted by Gasteiger charge is 2.19. The molecular weight excluding hydrogens is 352 g/mol. The summed E-state index contributed by atoms with van der Waals surface area (Å²) in [7, 11) is 0. The van der Waals surface area contributed by atoms with Crippen molar-refractivity contribution in [2.24, 2.45) is 0 Å². The van der Waals surface area contributed by atoms with Crippen molar-refractivity contribution in [1.82, 2.24) is 29.9 Å². The number of benzene rings is 2. The van der Waals surface area contributed by atoms with Crippen molar-refractivity contribution in [3.05, 3.63) is 90.3 Å². The quantitative estimate of drug-likeness (QED) is 0.583. The first-order valence-corrected chi connectivity index (χ1v) is 9.00. The third kappa shape index (κ3) is 3.29. The second kappa shape index (κ2) is 7.48. The van der Waals surface area contributed by atoms with E-state index >= 15 is 0 Å². The zero-order valence-electron chi connectivity index (χ0n) is 15.6. The van der Waals surface area contributed by atoms with Crippen molar-refractivity contribution < 1.29 is 4.79 Å². The molecule has 4 rings (SSSR count). The minimum atomic E-state index is -0.200. The summed E-state index contributed by atoms with van der Waals surface area (Å²) in [4.78, 5) is 16.9. The van der Waals surface area contributed by atoms with Gasteiger partial charge in [0.05, 0.1) is 29.2 Å². The smallest absolute Gasteiger partial charge is 0.253 e. The van der Waals surface area contributed by atoms with Gasteiger partial charge in [-0.2, -0.15) is 10.2 Å². The molecule has 0 aliphatic rings. The Balaban J connectivity index is 1.58. The summed E-state index contributed by atoms with van der Waals surface area (Å²) in [6.45, 7) is 3.96. The van der Waals surface area contributed by atoms with Gasteiger partial charge in [0.25, 0.3) is 5.91 Å². The first kappa shape index (κ1) is 17.7. The second-order valence-corrected chi connectivity index (χ2v) is 6.49. The summed E-state index contributed by atoms with van der Waals surface area (Å²) in [6.07, 6.45) is 4.82. The predicted octanol–water partition coefficient (Wildman–Crippen LogP) is 3.25. The van der Waals surface area contributed by atoms with Crippen LogP contribution in [0.1, 0.15) is 34.6 Å². The third-order valence-corrected chi connectivity index (χ3v) is 4.68. The monoisotopic (exact) mass is 372 g/mol. The number of carbonyl (C=O) groups excluding carboxylic acids is 1. The topological polar surface area (TPSA) is 77.6 Å². The Bertz CT molecular complexity index is 1090. The maximum absolute atomic E-state index is 12.9. The summed E-state index contributed by atoms with van der Waals surface area (Å²) in [5.74, 6) is -0.175. The van der Waals surface area contributed by atoms with Crippen molar-refractivity contribution in [2.75, 3.05) is 0 Å². The molecule has 7 nitrogen and oxygen atoms in total. The lowest BCUT2D eigenvalue weighted by Gasteiger charge is -2.16. The van der Waals surface area contributed by atoms with Crippen molar-refractivity contribution in [3.8, 4) is 11.4 Å². The van der Waals surface area contributed by atoms with E-state index in [-0.39, 0.29) is 11.9 Å². The molecule has 0 unspecified atom stereocenters. The van der Waals surface area contributed by atoms with E-state index in [9.17, 15) is 4.79 Å². The van der Waals surface area contributed by atoms with Gasteiger partial charge in [0, 0.05) is 11.3 Å². The molecule has 0 saturated carbocycles. The largest absolute Gasteiger partial charge is 0.345 e. The van der Waals surface area contributed by atoms with Gasteiger partial charge >= 0.3 is 0 Å². The molecule has 0 fully saturated rings. The van der Waals surface area contributed by atoms with Crippen LogP contribution >= 0.6 is 0 Å². The molecule has 2 aromatic carbocycles. The lowest BCUT2D eigenvalue weighted by Crippen LogP contribution is -2.28. The van der Waals surface area contributed by atoms with Crippen LogP contribution in [0, 0.1) is 6.92 Å². The molecule has 0 bridgehead atoms. The molecule has 1 N–H and O–H groups in total. The van der Waals surface area contributed by atoms with E-state index in [0.29, 0.717) is 11.3 Å². The number of para-hydroxylation sites is 2. The molecule has 2 heterocycles. The summed E-state index contributed by atoms with van der Waals surface area (Å²) in [5, 5.41) is 11.7. The minimum absolute atomic E-state index is 0.175. The summed E-state index contributed by atoms with van der Waals surface area (Å²) >= 11 is 0. The number of nitrogens with zero attached hydrogens (tertiary/aromatic N) is 5. The van der Waals surface area contributed by atoms with E-state index in [1.807, 2.05) is 67.1 Å². The van der Waals surface area contributed by atoms with Crippen LogP contribution in [0.15, 0.2) is 73.4 Å². The number of carbonyl (C=O) groups is 1. The van der Waals surface area contributed by atoms with Crippen LogP contribution in [0.4, 0.5) is 0 Å². The molecule has 2 aromatic heterocycles. The zero-order chi connectivity index (χ0) is 19.5. The number of nitrogens with one attached hydrogen (secondary N) is 1. The molecule has 0 aliphatic carbocycles. The van der Waals surface area contributed by atoms with Crippen molar-refractivity contribution in [2.45, 2.75) is 19.9 Å². The first-order valence-electron chi connectivity index (χ1n) is 9.00. The van der Waals surface area contributed by atoms with Gasteiger partial charge in [0.1, 0.15) is 12.7 Å². The van der Waals surface area contributed by atoms with Gasteiger partial charge in [-0.15, -0.1) is 0 Å². The Kier molecular flexibility index (Phi) is 4.72. The summed E-state index contributed by atoms with van der Waals surface area (Å²) in [6, 6.07) is 17.0. The maximum atomic E-state index is 12.9. The Morgan fingerprint density at radius 2 is 1.79 bits per heavy atom. The Hall–Kier alpha value is -3.74. The van der Waals surface area contributed by atoms with Crippen LogP contribution in [-0.4, -0.2) is 30.5 Å². The molecule has 0 aliphatic heterocycles. The number of hydrogen-bond acceptors (Lipinski definition) is 4. The molecule has 0 spiro atoms. The predicted molar refractivity (Wildman–Crippen MR) is 106 cm³/mol. The molecule has 1 atom stereocenters. The molecule has 140 valence electrons. The fourth-order valence-corrected chi connectivity index (χ4v) is 3.23. The molecule has 7 heteroatoms. The Labute approximate surface area is 162 Å². The van der Waals surface area contributed by atoms with E-state index in [2.05, 4.69) is 20.5 Å². The minimum Gasteiger partial charge on any atom is -0.345 e. The average Bonchev–Trinajstić information content (AvgIpc) is 3.38. The number of rotatable bonds is 5. The summed E-state index contributed by atoms with van der Waals surface area (Å²) in [5.41, 5.74) is 4.16. The fraction of sp³-hybridized carbons (Fsp3) is 0.143. The molecular formula is C21H20N6O. The lowest BCUT2D eigenvalue weighted by atomic mass is 10.1. The van der Waals surface area contributed by atoms with Gasteiger partial charge in [-0.25, -0.2) is 14.3 Å². The van der Waals surface area contributed by atoms with Gasteiger partial charge in [-0.3, -0.25) is 4.79 Å². The van der Waals surface area contributed by atoms with Gasteiger partial charge < -0.3 is 5.32 Å². The van der Waals surface area contributed by atoms with Crippen LogP contribution in [0.25, 0.3) is 11.4 Å². The number of hydrogen-bond donors (Lipinski definition) is 1. The van der Waals surface area contributed by atoms with Gasteiger partial charge in [0.15, 0.2) is 0 Å². The molecule has 0 saturated heterocycles. The summed E-state index contributed by atoms with van der Waals surface area (Å²) < 4.78 is 3.46. The Morgan fingerprint density at radius 3 is 2.54 bits per heavy atom. The van der Waals surface area contributed by atoms with Gasteiger partial charge in [0.2, 0.25) is 0 Å². The number of amides is 1. The second-order valence-electron chi connectivity index (χ2n) is 6.49. The van der Waals surface area contributed by atoms with Crippen LogP contribution < -0.4 is 5.32 Å². The standard InChI is InChI=1S/C21H20N6O/c1-15(19-12-23-27(16(19)2)17-8-4-3-5-9-17)25-21(28)18-10-6-7-11-20(18)26-14-22-13-24-26/h3-15H,1-2H3,(H,25,28)/t15-/m0/s1. The van der Waals surface area contributed by atoms with Gasteiger partial charge in [-0.05, 0) is 38.1 Å². The number of aromatic nitrogens is 5. The third-order valence-electron chi connectivity index (χ3n) is 4.68. The normalized spacial score (nSPS) is 11.9. The van der Waals surface area contributed by atoms with E-state index < -0.39 is 0 Å². The molecule has 4 aromatic rings. The average molecular weight is 372 g/mol. The van der Waals surface area contributed by atoms with Crippen LogP contribution in [0.3, 0.4) is 0 Å². The Morgan fingerprint density at radius 1 is 1.04 bits per heavy atom. The van der Waals surface area contributed by atoms with Crippen molar-refractivity contribution in [3.63, 3.8) is 0 Å². The molecule has 1 amide bonds. The van der Waals surface area contributed by atoms with Crippen LogP contribution in [0.5, 0.6) is 0 Å². The molecule has 28 heavy (non-hydrogen) atoms. The highest BCUT2D eigenvalue weighted by molar-refractivity contribution is 5.97. The first-order chi connectivity index (χ1) is 13.6. The highest BCUT2D eigenvalue weighted by atomic mass is 16.1. The van der Waals surface area contributed by atoms with Gasteiger partial charge in [-0.1, -0.05) is 30.3 Å². The maximum Gasteiger partial charge on any atom is 0.253 e. The van der Waals surface area contributed by atoms with Crippen LogP contribution in [0.2, 0.25) is 0 Å². The molecule has 0 radical (unpaired) electrons.